The zero-order valence-electron chi connectivity index (χ0n) is 16.2. The van der Waals surface area contributed by atoms with Crippen molar-refractivity contribution < 1.29 is 14.2 Å². The number of nitrogens with two attached hydrogens (primary N) is 1. The second-order valence-electron chi connectivity index (χ2n) is 7.25. The van der Waals surface area contributed by atoms with Crippen molar-refractivity contribution in [2.45, 2.75) is 52.2 Å². The second kappa shape index (κ2) is 7.74. The Morgan fingerprint density at radius 3 is 2.62 bits per heavy atom. The summed E-state index contributed by atoms with van der Waals surface area (Å²) in [6.45, 7) is 7.94. The minimum atomic E-state index is 0.0607. The molecule has 0 saturated heterocycles. The zero-order valence-corrected chi connectivity index (χ0v) is 16.2. The van der Waals surface area contributed by atoms with Crippen LogP contribution in [-0.2, 0) is 4.74 Å². The summed E-state index contributed by atoms with van der Waals surface area (Å²) in [5.74, 6) is 2.30. The van der Waals surface area contributed by atoms with Gasteiger partial charge in [-0.15, -0.1) is 0 Å². The number of aliphatic imine (C=N–C) groups is 1. The summed E-state index contributed by atoms with van der Waals surface area (Å²) in [4.78, 5) is 4.81. The molecule has 3 atom stereocenters. The zero-order chi connectivity index (χ0) is 18.7. The molecule has 0 radical (unpaired) electrons. The summed E-state index contributed by atoms with van der Waals surface area (Å²) in [5.41, 5.74) is 7.14. The first kappa shape index (κ1) is 18.8. The van der Waals surface area contributed by atoms with Gasteiger partial charge in [-0.2, -0.15) is 0 Å². The maximum atomic E-state index is 6.23. The van der Waals surface area contributed by atoms with Crippen LogP contribution in [0.2, 0.25) is 0 Å². The molecule has 1 saturated carbocycles. The lowest BCUT2D eigenvalue weighted by Crippen LogP contribution is -2.63. The van der Waals surface area contributed by atoms with Gasteiger partial charge in [0.1, 0.15) is 0 Å². The van der Waals surface area contributed by atoms with Crippen molar-refractivity contribution in [2.24, 2.45) is 22.1 Å². The number of methoxy groups -OCH3 is 1. The van der Waals surface area contributed by atoms with Gasteiger partial charge in [-0.25, -0.2) is 4.99 Å². The van der Waals surface area contributed by atoms with Gasteiger partial charge in [-0.05, 0) is 25.0 Å². The predicted octanol–water partition coefficient (Wildman–Crippen LogP) is 3.41. The standard InChI is InChI=1S/C20H31N3O3/c1-5-20(6-2)17(13(3)18(20)24-4)23-19(21)22-14-8-9-15-16(12-14)26-11-7-10-25-15/h8-9,12-13,17-18H,5-7,10-11H2,1-4H3,(H3,21,22,23). The highest BCUT2D eigenvalue weighted by molar-refractivity contribution is 5.92. The molecule has 3 rings (SSSR count). The molecule has 0 bridgehead atoms. The van der Waals surface area contributed by atoms with Gasteiger partial charge in [0.15, 0.2) is 17.5 Å². The third kappa shape index (κ3) is 3.22. The summed E-state index contributed by atoms with van der Waals surface area (Å²) in [6, 6.07) is 5.92. The molecule has 1 aliphatic carbocycles. The lowest BCUT2D eigenvalue weighted by atomic mass is 9.53. The van der Waals surface area contributed by atoms with Crippen LogP contribution in [0.25, 0.3) is 0 Å². The molecule has 1 aromatic rings. The predicted molar refractivity (Wildman–Crippen MR) is 104 cm³/mol. The maximum absolute atomic E-state index is 6.23. The van der Waals surface area contributed by atoms with Crippen molar-refractivity contribution in [1.82, 2.24) is 0 Å². The molecule has 2 aliphatic rings. The van der Waals surface area contributed by atoms with Gasteiger partial charge in [0, 0.05) is 36.6 Å². The molecule has 144 valence electrons. The minimum absolute atomic E-state index is 0.0607. The monoisotopic (exact) mass is 361 g/mol. The third-order valence-electron chi connectivity index (χ3n) is 6.00. The Morgan fingerprint density at radius 2 is 1.96 bits per heavy atom. The molecule has 1 aliphatic heterocycles. The number of benzene rings is 1. The number of guanidine groups is 1. The molecule has 6 nitrogen and oxygen atoms in total. The molecule has 6 heteroatoms. The topological polar surface area (TPSA) is 78.1 Å². The Hall–Kier alpha value is -1.95. The lowest BCUT2D eigenvalue weighted by molar-refractivity contribution is -0.156. The van der Waals surface area contributed by atoms with E-state index in [4.69, 9.17) is 24.9 Å². The Kier molecular flexibility index (Phi) is 5.61. The Morgan fingerprint density at radius 1 is 1.27 bits per heavy atom. The first-order valence-corrected chi connectivity index (χ1v) is 9.58. The van der Waals surface area contributed by atoms with Crippen molar-refractivity contribution >= 4 is 11.6 Å². The highest BCUT2D eigenvalue weighted by atomic mass is 16.5. The highest BCUT2D eigenvalue weighted by Crippen LogP contribution is 2.54. The molecule has 1 aromatic carbocycles. The van der Waals surface area contributed by atoms with Crippen LogP contribution in [0.15, 0.2) is 23.2 Å². The summed E-state index contributed by atoms with van der Waals surface area (Å²) in [7, 11) is 1.79. The van der Waals surface area contributed by atoms with Crippen LogP contribution < -0.4 is 20.5 Å². The van der Waals surface area contributed by atoms with Gasteiger partial charge in [0.2, 0.25) is 0 Å². The lowest BCUT2D eigenvalue weighted by Gasteiger charge is -2.57. The number of anilines is 1. The summed E-state index contributed by atoms with van der Waals surface area (Å²) in [5, 5.41) is 3.20. The van der Waals surface area contributed by atoms with Gasteiger partial charge >= 0.3 is 0 Å². The minimum Gasteiger partial charge on any atom is -0.490 e. The highest BCUT2D eigenvalue weighted by Gasteiger charge is 2.58. The number of nitrogens with zero attached hydrogens (tertiary/aromatic N) is 1. The van der Waals surface area contributed by atoms with Crippen LogP contribution in [0.4, 0.5) is 5.69 Å². The van der Waals surface area contributed by atoms with E-state index in [2.05, 4.69) is 26.1 Å². The molecule has 0 amide bonds. The number of ether oxygens (including phenoxy) is 3. The van der Waals surface area contributed by atoms with E-state index in [0.717, 1.165) is 36.4 Å². The number of rotatable bonds is 5. The molecular weight excluding hydrogens is 330 g/mol. The van der Waals surface area contributed by atoms with E-state index in [1.165, 1.54) is 0 Å². The second-order valence-corrected chi connectivity index (χ2v) is 7.25. The van der Waals surface area contributed by atoms with E-state index < -0.39 is 0 Å². The summed E-state index contributed by atoms with van der Waals surface area (Å²) >= 11 is 0. The van der Waals surface area contributed by atoms with E-state index in [1.807, 2.05) is 18.2 Å². The van der Waals surface area contributed by atoms with Crippen molar-refractivity contribution in [2.75, 3.05) is 25.6 Å². The first-order valence-electron chi connectivity index (χ1n) is 9.58. The molecule has 1 heterocycles. The average molecular weight is 361 g/mol. The van der Waals surface area contributed by atoms with E-state index in [-0.39, 0.29) is 17.6 Å². The number of hydrogen-bond acceptors (Lipinski definition) is 4. The van der Waals surface area contributed by atoms with Crippen LogP contribution >= 0.6 is 0 Å². The van der Waals surface area contributed by atoms with Crippen molar-refractivity contribution in [1.29, 1.82) is 0 Å². The molecule has 0 spiro atoms. The van der Waals surface area contributed by atoms with Crippen LogP contribution in [-0.4, -0.2) is 38.4 Å². The van der Waals surface area contributed by atoms with Crippen molar-refractivity contribution in [3.63, 3.8) is 0 Å². The summed E-state index contributed by atoms with van der Waals surface area (Å²) in [6.07, 6.45) is 3.17. The van der Waals surface area contributed by atoms with Crippen LogP contribution in [0, 0.1) is 11.3 Å². The van der Waals surface area contributed by atoms with Gasteiger partial charge in [0.05, 0.1) is 25.4 Å². The van der Waals surface area contributed by atoms with Crippen LogP contribution in [0.5, 0.6) is 11.5 Å². The van der Waals surface area contributed by atoms with Gasteiger partial charge in [-0.3, -0.25) is 0 Å². The first-order chi connectivity index (χ1) is 12.6. The molecule has 3 unspecified atom stereocenters. The van der Waals surface area contributed by atoms with Crippen molar-refractivity contribution in [3.05, 3.63) is 18.2 Å². The van der Waals surface area contributed by atoms with E-state index in [9.17, 15) is 0 Å². The quantitative estimate of drug-likeness (QED) is 0.621. The maximum Gasteiger partial charge on any atom is 0.193 e. The molecule has 26 heavy (non-hydrogen) atoms. The third-order valence-corrected chi connectivity index (χ3v) is 6.00. The molecule has 0 aromatic heterocycles. The smallest absolute Gasteiger partial charge is 0.193 e. The van der Waals surface area contributed by atoms with Crippen LogP contribution in [0.1, 0.15) is 40.0 Å². The van der Waals surface area contributed by atoms with Gasteiger partial charge in [0.25, 0.3) is 0 Å². The molecular formula is C20H31N3O3. The summed E-state index contributed by atoms with van der Waals surface area (Å²) < 4.78 is 17.1. The SMILES string of the molecule is CCC1(CC)C(N=C(N)Nc2ccc3c(c2)OCCCO3)C(C)C1OC. The van der Waals surface area contributed by atoms with Gasteiger partial charge < -0.3 is 25.3 Å². The number of hydrogen-bond donors (Lipinski definition) is 2. The van der Waals surface area contributed by atoms with Crippen LogP contribution in [0.3, 0.4) is 0 Å². The fraction of sp³-hybridized carbons (Fsp3) is 0.650. The molecule has 1 fully saturated rings. The van der Waals surface area contributed by atoms with Gasteiger partial charge in [-0.1, -0.05) is 20.8 Å². The van der Waals surface area contributed by atoms with E-state index in [0.29, 0.717) is 25.1 Å². The Bertz CT molecular complexity index is 658. The fourth-order valence-electron chi connectivity index (χ4n) is 4.60. The van der Waals surface area contributed by atoms with E-state index >= 15 is 0 Å². The average Bonchev–Trinajstić information content (AvgIpc) is 2.88. The Balaban J connectivity index is 1.75. The largest absolute Gasteiger partial charge is 0.490 e. The fourth-order valence-corrected chi connectivity index (χ4v) is 4.60. The normalized spacial score (nSPS) is 27.4. The Labute approximate surface area is 156 Å². The molecule has 3 N–H and O–H groups in total. The number of nitrogens with one attached hydrogen (secondary N) is 1. The number of fused-ring (bicyclic) bond motifs is 1. The van der Waals surface area contributed by atoms with E-state index in [1.54, 1.807) is 7.11 Å². The van der Waals surface area contributed by atoms with Crippen molar-refractivity contribution in [3.8, 4) is 11.5 Å².